The number of amides is 6. The van der Waals surface area contributed by atoms with Crippen LogP contribution >= 0.6 is 0 Å². The van der Waals surface area contributed by atoms with Crippen molar-refractivity contribution in [3.05, 3.63) is 144 Å². The molecule has 0 bridgehead atoms. The number of nitrogens with zero attached hydrogens (tertiary/aromatic N) is 2. The molecule has 0 saturated carbocycles. The van der Waals surface area contributed by atoms with Crippen molar-refractivity contribution >= 4 is 57.2 Å². The van der Waals surface area contributed by atoms with E-state index in [1.165, 1.54) is 9.80 Å². The SMILES string of the molecule is O=C1NC(Cc2c[nH]c3ccccc23)C(=O)N2CCCCC2C(=O)NC(Cc2ccccc2)C(=O)NC(Cc2c[nH]c3ccccc23)C(=O)N2CCCCC2C(=O)NC1Cc1ccccc1. The second kappa shape index (κ2) is 19.9. The summed E-state index contributed by atoms with van der Waals surface area (Å²) in [6, 6.07) is 27.7. The van der Waals surface area contributed by atoms with Crippen LogP contribution in [0.15, 0.2) is 122 Å². The fraction of sp³-hybridized carbons (Fsp3) is 0.346. The molecule has 3 saturated heterocycles. The highest BCUT2D eigenvalue weighted by Crippen LogP contribution is 2.26. The summed E-state index contributed by atoms with van der Waals surface area (Å²) in [6.07, 6.45) is 7.39. The lowest BCUT2D eigenvalue weighted by Crippen LogP contribution is -2.64. The molecule has 3 fully saturated rings. The van der Waals surface area contributed by atoms with E-state index < -0.39 is 71.7 Å². The lowest BCUT2D eigenvalue weighted by Gasteiger charge is -2.39. The third kappa shape index (κ3) is 9.73. The summed E-state index contributed by atoms with van der Waals surface area (Å²) in [5.41, 5.74) is 4.91. The Kier molecular flexibility index (Phi) is 13.3. The summed E-state index contributed by atoms with van der Waals surface area (Å²) < 4.78 is 0. The van der Waals surface area contributed by atoms with Crippen molar-refractivity contribution in [1.29, 1.82) is 0 Å². The van der Waals surface area contributed by atoms with Crippen molar-refractivity contribution in [1.82, 2.24) is 41.0 Å². The third-order valence-corrected chi connectivity index (χ3v) is 13.4. The molecule has 6 N–H and O–H groups in total. The minimum Gasteiger partial charge on any atom is -0.361 e. The lowest BCUT2D eigenvalue weighted by atomic mass is 9.95. The van der Waals surface area contributed by atoms with Crippen molar-refractivity contribution < 1.29 is 28.8 Å². The van der Waals surface area contributed by atoms with Crippen LogP contribution in [0, 0.1) is 0 Å². The predicted molar refractivity (Wildman–Crippen MR) is 251 cm³/mol. The first-order valence-corrected chi connectivity index (χ1v) is 23.2. The minimum atomic E-state index is -1.13. The monoisotopic (exact) mass is 888 g/mol. The number of hydrogen-bond donors (Lipinski definition) is 6. The molecule has 14 nitrogen and oxygen atoms in total. The number of H-pyrrole nitrogens is 2. The van der Waals surface area contributed by atoms with Crippen LogP contribution in [-0.4, -0.2) is 105 Å². The Balaban J connectivity index is 1.12. The fourth-order valence-electron chi connectivity index (χ4n) is 9.98. The molecule has 3 aliphatic rings. The molecule has 340 valence electrons. The predicted octanol–water partition coefficient (Wildman–Crippen LogP) is 4.63. The van der Waals surface area contributed by atoms with Gasteiger partial charge in [-0.05, 0) is 72.9 Å². The molecule has 6 unspecified atom stereocenters. The van der Waals surface area contributed by atoms with Gasteiger partial charge in [-0.2, -0.15) is 0 Å². The number of aromatic nitrogens is 2. The second-order valence-electron chi connectivity index (χ2n) is 17.8. The number of benzene rings is 4. The zero-order valence-electron chi connectivity index (χ0n) is 36.8. The van der Waals surface area contributed by atoms with Gasteiger partial charge in [0.15, 0.2) is 0 Å². The Morgan fingerprint density at radius 3 is 1.21 bits per heavy atom. The van der Waals surface area contributed by atoms with Crippen LogP contribution in [0.2, 0.25) is 0 Å². The number of piperidine rings is 2. The number of carbonyl (C=O) groups is 6. The van der Waals surface area contributed by atoms with Crippen molar-refractivity contribution in [3.8, 4) is 0 Å². The molecule has 0 spiro atoms. The third-order valence-electron chi connectivity index (χ3n) is 13.4. The van der Waals surface area contributed by atoms with E-state index in [2.05, 4.69) is 31.2 Å². The summed E-state index contributed by atoms with van der Waals surface area (Å²) in [5, 5.41) is 13.9. The van der Waals surface area contributed by atoms with E-state index in [1.807, 2.05) is 122 Å². The number of hydrogen-bond acceptors (Lipinski definition) is 6. The van der Waals surface area contributed by atoms with Crippen molar-refractivity contribution in [2.75, 3.05) is 13.1 Å². The van der Waals surface area contributed by atoms with Crippen LogP contribution in [0.3, 0.4) is 0 Å². The van der Waals surface area contributed by atoms with E-state index in [0.717, 1.165) is 44.1 Å². The average Bonchev–Trinajstić information content (AvgIpc) is 3.96. The first-order valence-electron chi connectivity index (χ1n) is 23.2. The summed E-state index contributed by atoms with van der Waals surface area (Å²) >= 11 is 0. The lowest BCUT2D eigenvalue weighted by molar-refractivity contribution is -0.147. The van der Waals surface area contributed by atoms with Crippen LogP contribution < -0.4 is 21.3 Å². The Morgan fingerprint density at radius 1 is 0.409 bits per heavy atom. The van der Waals surface area contributed by atoms with Gasteiger partial charge in [0.1, 0.15) is 36.3 Å². The molecule has 6 amide bonds. The molecular weight excluding hydrogens is 833 g/mol. The molecule has 66 heavy (non-hydrogen) atoms. The maximum atomic E-state index is 15.1. The van der Waals surface area contributed by atoms with Gasteiger partial charge >= 0.3 is 0 Å². The summed E-state index contributed by atoms with van der Waals surface area (Å²) in [5.74, 6) is -3.00. The number of fused-ring (bicyclic) bond motifs is 4. The zero-order valence-corrected chi connectivity index (χ0v) is 36.8. The Morgan fingerprint density at radius 2 is 0.788 bits per heavy atom. The summed E-state index contributed by atoms with van der Waals surface area (Å²) in [4.78, 5) is 98.9. The molecule has 4 aromatic carbocycles. The number of aromatic amines is 2. The topological polar surface area (TPSA) is 189 Å². The Labute approximate surface area is 383 Å². The van der Waals surface area contributed by atoms with E-state index in [9.17, 15) is 19.2 Å². The van der Waals surface area contributed by atoms with Crippen molar-refractivity contribution in [2.45, 2.75) is 100 Å². The molecule has 2 aromatic heterocycles. The van der Waals surface area contributed by atoms with Crippen LogP contribution in [0.5, 0.6) is 0 Å². The average molecular weight is 889 g/mol. The minimum absolute atomic E-state index is 0.104. The number of carbonyl (C=O) groups excluding carboxylic acids is 6. The highest BCUT2D eigenvalue weighted by Gasteiger charge is 2.42. The van der Waals surface area contributed by atoms with Gasteiger partial charge in [-0.25, -0.2) is 0 Å². The molecule has 0 aliphatic carbocycles. The largest absolute Gasteiger partial charge is 0.361 e. The van der Waals surface area contributed by atoms with E-state index in [1.54, 1.807) is 0 Å². The molecule has 0 radical (unpaired) electrons. The van der Waals surface area contributed by atoms with Gasteiger partial charge in [-0.3, -0.25) is 28.8 Å². The molecule has 6 aromatic rings. The number of nitrogens with one attached hydrogen (secondary N) is 6. The molecular formula is C52H56N8O6. The number of para-hydroxylation sites is 2. The molecule has 9 rings (SSSR count). The quantitative estimate of drug-likeness (QED) is 0.129. The van der Waals surface area contributed by atoms with E-state index in [4.69, 9.17) is 0 Å². The van der Waals surface area contributed by atoms with Gasteiger partial charge < -0.3 is 41.0 Å². The molecule has 14 heteroatoms. The first-order chi connectivity index (χ1) is 32.2. The first kappa shape index (κ1) is 44.0. The summed E-state index contributed by atoms with van der Waals surface area (Å²) in [6.45, 7) is 0.519. The van der Waals surface area contributed by atoms with E-state index in [0.29, 0.717) is 38.5 Å². The maximum Gasteiger partial charge on any atom is 0.246 e. The van der Waals surface area contributed by atoms with E-state index >= 15 is 9.59 Å². The van der Waals surface area contributed by atoms with Crippen LogP contribution in [0.25, 0.3) is 21.8 Å². The van der Waals surface area contributed by atoms with Gasteiger partial charge in [0.2, 0.25) is 35.4 Å². The van der Waals surface area contributed by atoms with Crippen molar-refractivity contribution in [2.24, 2.45) is 0 Å². The van der Waals surface area contributed by atoms with Gasteiger partial charge in [-0.15, -0.1) is 0 Å². The Hall–Kier alpha value is -7.22. The fourth-order valence-corrected chi connectivity index (χ4v) is 9.98. The van der Waals surface area contributed by atoms with Crippen LogP contribution in [0.1, 0.15) is 60.8 Å². The van der Waals surface area contributed by atoms with Gasteiger partial charge in [0.25, 0.3) is 0 Å². The van der Waals surface area contributed by atoms with Gasteiger partial charge in [0.05, 0.1) is 0 Å². The highest BCUT2D eigenvalue weighted by molar-refractivity contribution is 5.99. The molecule has 6 atom stereocenters. The van der Waals surface area contributed by atoms with Gasteiger partial charge in [0, 0.05) is 73.0 Å². The van der Waals surface area contributed by atoms with Crippen LogP contribution in [-0.2, 0) is 54.5 Å². The number of rotatable bonds is 8. The highest BCUT2D eigenvalue weighted by atomic mass is 16.2. The molecule has 5 heterocycles. The Bertz CT molecular complexity index is 2530. The normalized spacial score (nSPS) is 23.8. The van der Waals surface area contributed by atoms with E-state index in [-0.39, 0.29) is 38.8 Å². The van der Waals surface area contributed by atoms with Crippen LogP contribution in [0.4, 0.5) is 0 Å². The van der Waals surface area contributed by atoms with Crippen molar-refractivity contribution in [3.63, 3.8) is 0 Å². The zero-order chi connectivity index (χ0) is 45.6. The second-order valence-corrected chi connectivity index (χ2v) is 17.8. The summed E-state index contributed by atoms with van der Waals surface area (Å²) in [7, 11) is 0. The molecule has 3 aliphatic heterocycles. The maximum absolute atomic E-state index is 15.1. The smallest absolute Gasteiger partial charge is 0.246 e. The standard InChI is InChI=1S/C52H56N8O6/c61-47-41(27-33-15-3-1-4-16-33)55-49(63)45-23-11-13-25-59(45)52(66)44(30-36-32-54-40-22-10-8-20-38(36)40)58-48(62)42(28-34-17-5-2-6-18-34)56-50(64)46-24-12-14-26-60(46)51(65)43(57-47)29-35-31-53-39-21-9-7-19-37(35)39/h1-10,15-22,31-32,41-46,53-54H,11-14,23-30H2,(H,55,63)(H,56,64)(H,57,61)(H,58,62). The van der Waals surface area contributed by atoms with Gasteiger partial charge in [-0.1, -0.05) is 97.1 Å².